The van der Waals surface area contributed by atoms with Crippen LogP contribution in [0, 0.1) is 0 Å². The van der Waals surface area contributed by atoms with E-state index in [2.05, 4.69) is 10.4 Å². The predicted octanol–water partition coefficient (Wildman–Crippen LogP) is 2.98. The first kappa shape index (κ1) is 20.3. The van der Waals surface area contributed by atoms with E-state index in [-0.39, 0.29) is 5.91 Å². The summed E-state index contributed by atoms with van der Waals surface area (Å²) in [4.78, 5) is 12.7. The number of piperidine rings is 1. The first-order valence-electron chi connectivity index (χ1n) is 10.0. The molecule has 1 N–H and O–H groups in total. The molecule has 0 spiro atoms. The number of carbonyl (C=O) groups excluding carboxylic acids is 1. The van der Waals surface area contributed by atoms with Crippen molar-refractivity contribution in [3.05, 3.63) is 78.1 Å². The monoisotopic (exact) mass is 424 g/mol. The number of rotatable bonds is 6. The molecule has 4 rings (SSSR count). The normalized spacial score (nSPS) is 15.1. The summed E-state index contributed by atoms with van der Waals surface area (Å²) in [7, 11) is -3.44. The van der Waals surface area contributed by atoms with E-state index in [1.165, 1.54) is 6.20 Å². The average molecular weight is 425 g/mol. The number of nitrogens with zero attached hydrogens (tertiary/aromatic N) is 3. The van der Waals surface area contributed by atoms with Crippen molar-refractivity contribution >= 4 is 15.9 Å². The zero-order chi connectivity index (χ0) is 21.0. The molecule has 2 aromatic carbocycles. The summed E-state index contributed by atoms with van der Waals surface area (Å²) in [6, 6.07) is 16.3. The van der Waals surface area contributed by atoms with E-state index >= 15 is 0 Å². The molecule has 1 saturated heterocycles. The Hall–Kier alpha value is -2.97. The van der Waals surface area contributed by atoms with Gasteiger partial charge in [-0.3, -0.25) is 4.79 Å². The average Bonchev–Trinajstić information content (AvgIpc) is 3.29. The Kier molecular flexibility index (Phi) is 5.96. The molecule has 0 radical (unpaired) electrons. The molecule has 2 heterocycles. The quantitative estimate of drug-likeness (QED) is 0.659. The van der Waals surface area contributed by atoms with Gasteiger partial charge in [0.15, 0.2) is 0 Å². The van der Waals surface area contributed by atoms with Crippen LogP contribution in [-0.2, 0) is 16.6 Å². The standard InChI is InChI=1S/C22H24N4O3S/c27-22(19-16-24-26(17-19)20-7-3-1-4-8-20)23-15-18-9-11-21(12-10-18)30(28,29)25-13-5-2-6-14-25/h1,3-4,7-12,16-17H,2,5-6,13-15H2,(H,23,27). The number of aromatic nitrogens is 2. The first-order chi connectivity index (χ1) is 14.5. The van der Waals surface area contributed by atoms with E-state index in [4.69, 9.17) is 0 Å². The number of para-hydroxylation sites is 1. The summed E-state index contributed by atoms with van der Waals surface area (Å²) >= 11 is 0. The third-order valence-corrected chi connectivity index (χ3v) is 7.11. The van der Waals surface area contributed by atoms with Crippen molar-refractivity contribution in [1.29, 1.82) is 0 Å². The zero-order valence-electron chi connectivity index (χ0n) is 16.6. The molecule has 30 heavy (non-hydrogen) atoms. The van der Waals surface area contributed by atoms with Crippen LogP contribution in [0.25, 0.3) is 5.69 Å². The lowest BCUT2D eigenvalue weighted by atomic mass is 10.2. The molecule has 7 nitrogen and oxygen atoms in total. The van der Waals surface area contributed by atoms with Crippen molar-refractivity contribution in [3.63, 3.8) is 0 Å². The summed E-state index contributed by atoms with van der Waals surface area (Å²) < 4.78 is 28.6. The van der Waals surface area contributed by atoms with Crippen LogP contribution in [-0.4, -0.2) is 41.5 Å². The van der Waals surface area contributed by atoms with Gasteiger partial charge in [0.2, 0.25) is 10.0 Å². The molecule has 1 aliphatic rings. The molecule has 1 aromatic heterocycles. The van der Waals surface area contributed by atoms with E-state index in [9.17, 15) is 13.2 Å². The summed E-state index contributed by atoms with van der Waals surface area (Å²) in [5.41, 5.74) is 2.17. The highest BCUT2D eigenvalue weighted by Gasteiger charge is 2.25. The topological polar surface area (TPSA) is 84.3 Å². The molecule has 0 aliphatic carbocycles. The van der Waals surface area contributed by atoms with Gasteiger partial charge in [0.05, 0.1) is 22.3 Å². The lowest BCUT2D eigenvalue weighted by Gasteiger charge is -2.25. The van der Waals surface area contributed by atoms with Crippen LogP contribution >= 0.6 is 0 Å². The van der Waals surface area contributed by atoms with Gasteiger partial charge in [-0.1, -0.05) is 36.8 Å². The van der Waals surface area contributed by atoms with E-state index in [0.29, 0.717) is 30.1 Å². The van der Waals surface area contributed by atoms with Crippen LogP contribution in [0.5, 0.6) is 0 Å². The van der Waals surface area contributed by atoms with Crippen LogP contribution in [0.15, 0.2) is 71.9 Å². The Morgan fingerprint density at radius 2 is 1.67 bits per heavy atom. The molecule has 3 aromatic rings. The molecule has 0 unspecified atom stereocenters. The Labute approximate surface area is 176 Å². The summed E-state index contributed by atoms with van der Waals surface area (Å²) in [5.74, 6) is -0.234. The minimum atomic E-state index is -3.44. The zero-order valence-corrected chi connectivity index (χ0v) is 17.4. The minimum Gasteiger partial charge on any atom is -0.348 e. The van der Waals surface area contributed by atoms with Crippen LogP contribution in [0.4, 0.5) is 0 Å². The maximum atomic E-state index is 12.7. The molecule has 0 saturated carbocycles. The van der Waals surface area contributed by atoms with Crippen molar-refractivity contribution in [3.8, 4) is 5.69 Å². The molecular weight excluding hydrogens is 400 g/mol. The maximum absolute atomic E-state index is 12.7. The third kappa shape index (κ3) is 4.44. The van der Waals surface area contributed by atoms with Gasteiger partial charge < -0.3 is 5.32 Å². The molecular formula is C22H24N4O3S. The fourth-order valence-corrected chi connectivity index (χ4v) is 5.00. The van der Waals surface area contributed by atoms with Crippen molar-refractivity contribution in [2.75, 3.05) is 13.1 Å². The molecule has 1 amide bonds. The van der Waals surface area contributed by atoms with Gasteiger partial charge in [-0.15, -0.1) is 0 Å². The number of carbonyl (C=O) groups is 1. The van der Waals surface area contributed by atoms with Gasteiger partial charge in [0, 0.05) is 25.8 Å². The number of nitrogens with one attached hydrogen (secondary N) is 1. The fraction of sp³-hybridized carbons (Fsp3) is 0.273. The lowest BCUT2D eigenvalue weighted by molar-refractivity contribution is 0.0951. The molecule has 1 fully saturated rings. The molecule has 156 valence electrons. The Morgan fingerprint density at radius 1 is 0.967 bits per heavy atom. The summed E-state index contributed by atoms with van der Waals surface area (Å²) in [6.07, 6.45) is 6.10. The maximum Gasteiger partial charge on any atom is 0.254 e. The van der Waals surface area contributed by atoms with Crippen molar-refractivity contribution < 1.29 is 13.2 Å². The highest BCUT2D eigenvalue weighted by atomic mass is 32.2. The van der Waals surface area contributed by atoms with Crippen LogP contribution < -0.4 is 5.32 Å². The minimum absolute atomic E-state index is 0.234. The van der Waals surface area contributed by atoms with E-state index in [1.54, 1.807) is 39.4 Å². The van der Waals surface area contributed by atoms with Crippen LogP contribution in [0.3, 0.4) is 0 Å². The van der Waals surface area contributed by atoms with Gasteiger partial charge >= 0.3 is 0 Å². The summed E-state index contributed by atoms with van der Waals surface area (Å²) in [6.45, 7) is 1.47. The fourth-order valence-electron chi connectivity index (χ4n) is 3.48. The van der Waals surface area contributed by atoms with Gasteiger partial charge in [-0.2, -0.15) is 9.40 Å². The highest BCUT2D eigenvalue weighted by Crippen LogP contribution is 2.21. The molecule has 0 bridgehead atoms. The van der Waals surface area contributed by atoms with Gasteiger partial charge in [0.25, 0.3) is 5.91 Å². The van der Waals surface area contributed by atoms with Crippen molar-refractivity contribution in [2.45, 2.75) is 30.7 Å². The first-order valence-corrected chi connectivity index (χ1v) is 11.5. The number of sulfonamides is 1. The van der Waals surface area contributed by atoms with Crippen molar-refractivity contribution in [2.24, 2.45) is 0 Å². The molecule has 8 heteroatoms. The predicted molar refractivity (Wildman–Crippen MR) is 114 cm³/mol. The van der Waals surface area contributed by atoms with Gasteiger partial charge in [0.1, 0.15) is 0 Å². The Bertz CT molecular complexity index is 1100. The van der Waals surface area contributed by atoms with Gasteiger partial charge in [-0.05, 0) is 42.7 Å². The highest BCUT2D eigenvalue weighted by molar-refractivity contribution is 7.89. The van der Waals surface area contributed by atoms with Crippen molar-refractivity contribution in [1.82, 2.24) is 19.4 Å². The SMILES string of the molecule is O=C(NCc1ccc(S(=O)(=O)N2CCCCC2)cc1)c1cnn(-c2ccccc2)c1. The smallest absolute Gasteiger partial charge is 0.254 e. The van der Waals surface area contributed by atoms with E-state index < -0.39 is 10.0 Å². The molecule has 0 atom stereocenters. The number of hydrogen-bond acceptors (Lipinski definition) is 4. The second-order valence-corrected chi connectivity index (χ2v) is 9.24. The third-order valence-electron chi connectivity index (χ3n) is 5.19. The Morgan fingerprint density at radius 3 is 2.37 bits per heavy atom. The second-order valence-electron chi connectivity index (χ2n) is 7.30. The van der Waals surface area contributed by atoms with Crippen LogP contribution in [0.1, 0.15) is 35.2 Å². The lowest BCUT2D eigenvalue weighted by Crippen LogP contribution is -2.35. The van der Waals surface area contributed by atoms with E-state index in [1.807, 2.05) is 30.3 Å². The van der Waals surface area contributed by atoms with Gasteiger partial charge in [-0.25, -0.2) is 13.1 Å². The van der Waals surface area contributed by atoms with E-state index in [0.717, 1.165) is 30.5 Å². The largest absolute Gasteiger partial charge is 0.348 e. The number of hydrogen-bond donors (Lipinski definition) is 1. The van der Waals surface area contributed by atoms with Crippen LogP contribution in [0.2, 0.25) is 0 Å². The summed E-state index contributed by atoms with van der Waals surface area (Å²) in [5, 5.41) is 7.08. The Balaban J connectivity index is 1.37. The second kappa shape index (κ2) is 8.81. The number of amides is 1. The number of benzene rings is 2. The molecule has 1 aliphatic heterocycles.